The summed E-state index contributed by atoms with van der Waals surface area (Å²) in [5.41, 5.74) is 0.804. The van der Waals surface area contributed by atoms with Crippen LogP contribution >= 0.6 is 34.8 Å². The first kappa shape index (κ1) is 22.3. The van der Waals surface area contributed by atoms with Gasteiger partial charge in [0.2, 0.25) is 15.9 Å². The number of carbonyl (C=O) groups excluding carboxylic acids is 1. The molecule has 1 amide bonds. The van der Waals surface area contributed by atoms with Crippen LogP contribution in [0.25, 0.3) is 0 Å². The summed E-state index contributed by atoms with van der Waals surface area (Å²) in [4.78, 5) is 12.6. The Balaban J connectivity index is 1.68. The second-order valence-corrected chi connectivity index (χ2v) is 10.0. The molecule has 1 atom stereocenters. The SMILES string of the molecule is O=C(Nc1ccc(F)c(Cl)c1)C1CCCN(S(=O)(=O)Cc2ccc(Cl)cc2Cl)C1. The summed E-state index contributed by atoms with van der Waals surface area (Å²) in [5.74, 6) is -1.72. The van der Waals surface area contributed by atoms with Gasteiger partial charge < -0.3 is 5.32 Å². The Hall–Kier alpha value is -1.38. The van der Waals surface area contributed by atoms with Crippen molar-refractivity contribution in [1.29, 1.82) is 0 Å². The number of nitrogens with one attached hydrogen (secondary N) is 1. The average molecular weight is 480 g/mol. The van der Waals surface area contributed by atoms with E-state index in [9.17, 15) is 17.6 Å². The highest BCUT2D eigenvalue weighted by Gasteiger charge is 2.32. The van der Waals surface area contributed by atoms with E-state index in [1.807, 2.05) is 0 Å². The molecule has 3 rings (SSSR count). The molecule has 156 valence electrons. The van der Waals surface area contributed by atoms with Gasteiger partial charge in [-0.15, -0.1) is 0 Å². The van der Waals surface area contributed by atoms with E-state index in [-0.39, 0.29) is 28.3 Å². The van der Waals surface area contributed by atoms with Crippen molar-refractivity contribution in [1.82, 2.24) is 4.31 Å². The van der Waals surface area contributed by atoms with E-state index in [0.717, 1.165) is 6.07 Å². The zero-order chi connectivity index (χ0) is 21.2. The molecule has 1 saturated heterocycles. The van der Waals surface area contributed by atoms with E-state index in [4.69, 9.17) is 34.8 Å². The minimum absolute atomic E-state index is 0.0638. The zero-order valence-electron chi connectivity index (χ0n) is 15.2. The van der Waals surface area contributed by atoms with Crippen LogP contribution in [0, 0.1) is 11.7 Å². The van der Waals surface area contributed by atoms with Gasteiger partial charge in [-0.25, -0.2) is 17.1 Å². The molecule has 0 spiro atoms. The predicted molar refractivity (Wildman–Crippen MR) is 113 cm³/mol. The summed E-state index contributed by atoms with van der Waals surface area (Å²) in [6.45, 7) is 0.397. The number of carbonyl (C=O) groups is 1. The Morgan fingerprint density at radius 2 is 1.90 bits per heavy atom. The predicted octanol–water partition coefficient (Wildman–Crippen LogP) is 4.97. The summed E-state index contributed by atoms with van der Waals surface area (Å²) in [5, 5.41) is 3.27. The van der Waals surface area contributed by atoms with E-state index in [0.29, 0.717) is 35.7 Å². The van der Waals surface area contributed by atoms with Crippen molar-refractivity contribution in [2.75, 3.05) is 18.4 Å². The molecule has 1 N–H and O–H groups in total. The third kappa shape index (κ3) is 5.61. The number of hydrogen-bond acceptors (Lipinski definition) is 3. The highest BCUT2D eigenvalue weighted by atomic mass is 35.5. The minimum atomic E-state index is -3.67. The van der Waals surface area contributed by atoms with Gasteiger partial charge in [-0.2, -0.15) is 0 Å². The lowest BCUT2D eigenvalue weighted by molar-refractivity contribution is -0.120. The second kappa shape index (κ2) is 9.18. The Morgan fingerprint density at radius 1 is 1.14 bits per heavy atom. The maximum absolute atomic E-state index is 13.3. The quantitative estimate of drug-likeness (QED) is 0.659. The van der Waals surface area contributed by atoms with Crippen molar-refractivity contribution >= 4 is 56.4 Å². The number of sulfonamides is 1. The van der Waals surface area contributed by atoms with Gasteiger partial charge >= 0.3 is 0 Å². The highest BCUT2D eigenvalue weighted by Crippen LogP contribution is 2.27. The van der Waals surface area contributed by atoms with E-state index >= 15 is 0 Å². The topological polar surface area (TPSA) is 66.5 Å². The van der Waals surface area contributed by atoms with Crippen molar-refractivity contribution in [3.05, 3.63) is 62.8 Å². The first-order valence-corrected chi connectivity index (χ1v) is 11.6. The molecule has 2 aromatic rings. The maximum Gasteiger partial charge on any atom is 0.228 e. The fourth-order valence-corrected chi connectivity index (χ4v) is 5.53. The molecule has 1 aliphatic rings. The third-order valence-corrected chi connectivity index (χ3v) is 7.36. The number of hydrogen-bond donors (Lipinski definition) is 1. The summed E-state index contributed by atoms with van der Waals surface area (Å²) < 4.78 is 40.3. The smallest absolute Gasteiger partial charge is 0.228 e. The number of benzene rings is 2. The van der Waals surface area contributed by atoms with Crippen LogP contribution in [0.15, 0.2) is 36.4 Å². The van der Waals surface area contributed by atoms with Gasteiger partial charge in [0, 0.05) is 28.8 Å². The molecule has 2 aromatic carbocycles. The van der Waals surface area contributed by atoms with E-state index in [1.165, 1.54) is 22.5 Å². The molecule has 0 aliphatic carbocycles. The highest BCUT2D eigenvalue weighted by molar-refractivity contribution is 7.88. The van der Waals surface area contributed by atoms with Crippen molar-refractivity contribution in [3.63, 3.8) is 0 Å². The van der Waals surface area contributed by atoms with Crippen LogP contribution in [0.3, 0.4) is 0 Å². The first-order valence-electron chi connectivity index (χ1n) is 8.83. The molecule has 29 heavy (non-hydrogen) atoms. The van der Waals surface area contributed by atoms with Crippen molar-refractivity contribution < 1.29 is 17.6 Å². The molecule has 5 nitrogen and oxygen atoms in total. The van der Waals surface area contributed by atoms with Crippen LogP contribution < -0.4 is 5.32 Å². The Morgan fingerprint density at radius 3 is 2.59 bits per heavy atom. The summed E-state index contributed by atoms with van der Waals surface area (Å²) in [7, 11) is -3.67. The van der Waals surface area contributed by atoms with Crippen LogP contribution in [-0.2, 0) is 20.6 Å². The van der Waals surface area contributed by atoms with Crippen molar-refractivity contribution in [2.45, 2.75) is 18.6 Å². The Bertz CT molecular complexity index is 1030. The van der Waals surface area contributed by atoms with Gasteiger partial charge in [-0.1, -0.05) is 40.9 Å². The summed E-state index contributed by atoms with van der Waals surface area (Å²) >= 11 is 17.7. The Labute approximate surface area is 183 Å². The Kier molecular flexibility index (Phi) is 7.06. The van der Waals surface area contributed by atoms with Gasteiger partial charge in [-0.3, -0.25) is 4.79 Å². The number of piperidine rings is 1. The van der Waals surface area contributed by atoms with Gasteiger partial charge in [0.05, 0.1) is 16.7 Å². The maximum atomic E-state index is 13.3. The van der Waals surface area contributed by atoms with E-state index < -0.39 is 21.8 Å². The number of amides is 1. The molecule has 0 saturated carbocycles. The second-order valence-electron chi connectivity index (χ2n) is 6.81. The number of halogens is 4. The van der Waals surface area contributed by atoms with Gasteiger partial charge in [0.15, 0.2) is 0 Å². The minimum Gasteiger partial charge on any atom is -0.326 e. The molecule has 1 heterocycles. The fourth-order valence-electron chi connectivity index (χ4n) is 3.15. The molecule has 1 unspecified atom stereocenters. The normalized spacial score (nSPS) is 17.9. The largest absolute Gasteiger partial charge is 0.326 e. The molecule has 10 heteroatoms. The lowest BCUT2D eigenvalue weighted by atomic mass is 9.99. The van der Waals surface area contributed by atoms with Gasteiger partial charge in [-0.05, 0) is 48.7 Å². The molecule has 1 aliphatic heterocycles. The zero-order valence-corrected chi connectivity index (χ0v) is 18.3. The number of rotatable bonds is 5. The van der Waals surface area contributed by atoms with Gasteiger partial charge in [0.25, 0.3) is 0 Å². The molecule has 1 fully saturated rings. The molecule has 0 bridgehead atoms. The summed E-state index contributed by atoms with van der Waals surface area (Å²) in [6.07, 6.45) is 1.10. The van der Waals surface area contributed by atoms with Crippen LogP contribution in [0.4, 0.5) is 10.1 Å². The van der Waals surface area contributed by atoms with Crippen LogP contribution in [0.1, 0.15) is 18.4 Å². The van der Waals surface area contributed by atoms with Crippen molar-refractivity contribution in [3.8, 4) is 0 Å². The average Bonchev–Trinajstić information content (AvgIpc) is 2.67. The lowest BCUT2D eigenvalue weighted by Gasteiger charge is -2.31. The van der Waals surface area contributed by atoms with E-state index in [1.54, 1.807) is 12.1 Å². The number of nitrogens with zero attached hydrogens (tertiary/aromatic N) is 1. The molecular weight excluding hydrogens is 462 g/mol. The van der Waals surface area contributed by atoms with Crippen LogP contribution in [0.2, 0.25) is 15.1 Å². The van der Waals surface area contributed by atoms with Crippen LogP contribution in [-0.4, -0.2) is 31.7 Å². The fraction of sp³-hybridized carbons (Fsp3) is 0.316. The first-order chi connectivity index (χ1) is 13.7. The van der Waals surface area contributed by atoms with Crippen molar-refractivity contribution in [2.24, 2.45) is 5.92 Å². The third-order valence-electron chi connectivity index (χ3n) is 4.69. The summed E-state index contributed by atoms with van der Waals surface area (Å²) in [6, 6.07) is 8.53. The molecular formula is C19H18Cl3FN2O3S. The number of anilines is 1. The standard InChI is InChI=1S/C19H18Cl3FN2O3S/c20-14-4-3-13(16(21)8-14)11-29(27,28)25-7-1-2-12(10-25)19(26)24-15-5-6-18(23)17(22)9-15/h3-6,8-9,12H,1-2,7,10-11H2,(H,24,26). The monoisotopic (exact) mass is 478 g/mol. The van der Waals surface area contributed by atoms with Gasteiger partial charge in [0.1, 0.15) is 5.82 Å². The lowest BCUT2D eigenvalue weighted by Crippen LogP contribution is -2.44. The molecule has 0 aromatic heterocycles. The molecule has 0 radical (unpaired) electrons. The van der Waals surface area contributed by atoms with E-state index in [2.05, 4.69) is 5.32 Å². The van der Waals surface area contributed by atoms with Crippen LogP contribution in [0.5, 0.6) is 0 Å².